The van der Waals surface area contributed by atoms with E-state index in [2.05, 4.69) is 20.8 Å². The van der Waals surface area contributed by atoms with E-state index in [0.717, 1.165) is 23.1 Å². The highest BCUT2D eigenvalue weighted by atomic mass is 79.9. The lowest BCUT2D eigenvalue weighted by Crippen LogP contribution is -2.50. The first-order valence-electron chi connectivity index (χ1n) is 9.08. The molecule has 0 atom stereocenters. The predicted molar refractivity (Wildman–Crippen MR) is 114 cm³/mol. The van der Waals surface area contributed by atoms with Gasteiger partial charge in [0.15, 0.2) is 0 Å². The van der Waals surface area contributed by atoms with E-state index in [1.165, 1.54) is 4.31 Å². The van der Waals surface area contributed by atoms with Crippen molar-refractivity contribution in [3.63, 3.8) is 0 Å². The predicted octanol–water partition coefficient (Wildman–Crippen LogP) is 2.73. The van der Waals surface area contributed by atoms with Gasteiger partial charge in [0.25, 0.3) is 10.0 Å². The lowest BCUT2D eigenvalue weighted by molar-refractivity contribution is -0.131. The summed E-state index contributed by atoms with van der Waals surface area (Å²) in [6.45, 7) is 4.47. The van der Waals surface area contributed by atoms with Gasteiger partial charge in [0, 0.05) is 30.7 Å². The number of amides is 1. The van der Waals surface area contributed by atoms with E-state index >= 15 is 0 Å². The zero-order valence-corrected chi connectivity index (χ0v) is 18.4. The minimum Gasteiger partial charge on any atom is -0.339 e. The van der Waals surface area contributed by atoms with Crippen LogP contribution < -0.4 is 4.31 Å². The molecule has 1 amide bonds. The van der Waals surface area contributed by atoms with Crippen molar-refractivity contribution in [3.8, 4) is 0 Å². The first-order chi connectivity index (χ1) is 13.3. The minimum atomic E-state index is -3.87. The van der Waals surface area contributed by atoms with Gasteiger partial charge in [0.1, 0.15) is 6.54 Å². The summed E-state index contributed by atoms with van der Waals surface area (Å²) in [4.78, 5) is 16.9. The molecule has 1 aliphatic heterocycles. The quantitative estimate of drug-likeness (QED) is 0.680. The molecule has 1 aliphatic rings. The maximum absolute atomic E-state index is 13.3. The average molecular weight is 466 g/mol. The number of anilines is 1. The molecule has 0 saturated carbocycles. The highest BCUT2D eigenvalue weighted by Crippen LogP contribution is 2.26. The molecule has 1 saturated heterocycles. The van der Waals surface area contributed by atoms with Crippen molar-refractivity contribution in [2.45, 2.75) is 11.8 Å². The molecule has 150 valence electrons. The Hall–Kier alpha value is -1.90. The van der Waals surface area contributed by atoms with Crippen molar-refractivity contribution < 1.29 is 13.2 Å². The van der Waals surface area contributed by atoms with Crippen LogP contribution in [0.25, 0.3) is 0 Å². The summed E-state index contributed by atoms with van der Waals surface area (Å²) >= 11 is 3.37. The number of piperazine rings is 1. The minimum absolute atomic E-state index is 0.173. The molecule has 0 unspecified atom stereocenters. The van der Waals surface area contributed by atoms with Gasteiger partial charge < -0.3 is 9.80 Å². The van der Waals surface area contributed by atoms with Crippen molar-refractivity contribution in [2.75, 3.05) is 44.1 Å². The van der Waals surface area contributed by atoms with Crippen molar-refractivity contribution in [2.24, 2.45) is 0 Å². The number of rotatable bonds is 5. The fourth-order valence-electron chi connectivity index (χ4n) is 3.04. The Morgan fingerprint density at radius 3 is 2.14 bits per heavy atom. The third-order valence-corrected chi connectivity index (χ3v) is 7.18. The van der Waals surface area contributed by atoms with Gasteiger partial charge in [-0.3, -0.25) is 9.10 Å². The molecule has 2 aromatic rings. The summed E-state index contributed by atoms with van der Waals surface area (Å²) in [5, 5.41) is 0. The molecule has 2 aromatic carbocycles. The van der Waals surface area contributed by atoms with E-state index < -0.39 is 10.0 Å². The molecular formula is C20H24BrN3O3S. The van der Waals surface area contributed by atoms with Crippen molar-refractivity contribution in [1.29, 1.82) is 0 Å². The Kier molecular flexibility index (Phi) is 6.42. The third kappa shape index (κ3) is 4.74. The van der Waals surface area contributed by atoms with Gasteiger partial charge in [-0.25, -0.2) is 8.42 Å². The number of carbonyl (C=O) groups is 1. The zero-order valence-electron chi connectivity index (χ0n) is 16.0. The largest absolute Gasteiger partial charge is 0.339 e. The van der Waals surface area contributed by atoms with E-state index in [0.29, 0.717) is 18.8 Å². The molecule has 0 spiro atoms. The molecule has 1 fully saturated rings. The summed E-state index contributed by atoms with van der Waals surface area (Å²) in [6.07, 6.45) is 0. The van der Waals surface area contributed by atoms with Crippen LogP contribution in [-0.2, 0) is 14.8 Å². The van der Waals surface area contributed by atoms with Crippen LogP contribution in [0.5, 0.6) is 0 Å². The van der Waals surface area contributed by atoms with Crippen molar-refractivity contribution >= 4 is 37.5 Å². The van der Waals surface area contributed by atoms with Crippen LogP contribution in [0.15, 0.2) is 57.9 Å². The molecule has 8 heteroatoms. The molecule has 6 nitrogen and oxygen atoms in total. The summed E-state index contributed by atoms with van der Waals surface area (Å²) in [5.41, 5.74) is 1.44. The number of nitrogens with zero attached hydrogens (tertiary/aromatic N) is 3. The van der Waals surface area contributed by atoms with Gasteiger partial charge in [-0.2, -0.15) is 0 Å². The molecule has 3 rings (SSSR count). The van der Waals surface area contributed by atoms with E-state index in [-0.39, 0.29) is 17.3 Å². The van der Waals surface area contributed by atoms with E-state index in [1.807, 2.05) is 14.0 Å². The number of carbonyl (C=O) groups excluding carboxylic acids is 1. The molecule has 1 heterocycles. The number of aryl methyl sites for hydroxylation is 1. The van der Waals surface area contributed by atoms with Crippen LogP contribution in [0, 0.1) is 6.92 Å². The maximum atomic E-state index is 13.3. The average Bonchev–Trinajstić information content (AvgIpc) is 2.67. The second kappa shape index (κ2) is 8.63. The second-order valence-corrected chi connectivity index (χ2v) is 9.76. The molecule has 0 radical (unpaired) electrons. The molecule has 28 heavy (non-hydrogen) atoms. The lowest BCUT2D eigenvalue weighted by Gasteiger charge is -2.34. The van der Waals surface area contributed by atoms with Gasteiger partial charge in [-0.15, -0.1) is 0 Å². The Bertz CT molecular complexity index is 922. The number of halogens is 1. The van der Waals surface area contributed by atoms with Crippen LogP contribution >= 0.6 is 15.9 Å². The smallest absolute Gasteiger partial charge is 0.264 e. The number of hydrogen-bond acceptors (Lipinski definition) is 4. The van der Waals surface area contributed by atoms with E-state index in [1.54, 1.807) is 53.4 Å². The topological polar surface area (TPSA) is 60.9 Å². The van der Waals surface area contributed by atoms with Crippen LogP contribution in [0.3, 0.4) is 0 Å². The van der Waals surface area contributed by atoms with Gasteiger partial charge in [0.2, 0.25) is 5.91 Å². The van der Waals surface area contributed by atoms with Gasteiger partial charge in [-0.05, 0) is 50.4 Å². The Balaban J connectivity index is 1.92. The van der Waals surface area contributed by atoms with Gasteiger partial charge in [-0.1, -0.05) is 33.6 Å². The first-order valence-corrected chi connectivity index (χ1v) is 11.3. The van der Waals surface area contributed by atoms with Crippen LogP contribution in [-0.4, -0.2) is 63.9 Å². The fourth-order valence-corrected chi connectivity index (χ4v) is 4.72. The second-order valence-electron chi connectivity index (χ2n) is 6.99. The summed E-state index contributed by atoms with van der Waals surface area (Å²) in [7, 11) is -1.86. The Morgan fingerprint density at radius 2 is 1.57 bits per heavy atom. The standard InChI is InChI=1S/C20H24BrN3O3S/c1-16-3-9-19(10-4-16)28(26,27)24(18-7-5-17(21)6-8-18)15-20(25)23-13-11-22(2)12-14-23/h3-10H,11-15H2,1-2H3. The van der Waals surface area contributed by atoms with Crippen LogP contribution in [0.4, 0.5) is 5.69 Å². The number of sulfonamides is 1. The third-order valence-electron chi connectivity index (χ3n) is 4.86. The summed E-state index contributed by atoms with van der Waals surface area (Å²) in [5.74, 6) is -0.188. The normalized spacial score (nSPS) is 15.5. The number of hydrogen-bond donors (Lipinski definition) is 0. The van der Waals surface area contributed by atoms with Crippen molar-refractivity contribution in [3.05, 3.63) is 58.6 Å². The van der Waals surface area contributed by atoms with E-state index in [4.69, 9.17) is 0 Å². The first kappa shape index (κ1) is 20.8. The fraction of sp³-hybridized carbons (Fsp3) is 0.350. The Morgan fingerprint density at radius 1 is 1.00 bits per heavy atom. The van der Waals surface area contributed by atoms with Crippen LogP contribution in [0.1, 0.15) is 5.56 Å². The zero-order chi connectivity index (χ0) is 20.3. The summed E-state index contributed by atoms with van der Waals surface area (Å²) < 4.78 is 28.7. The monoisotopic (exact) mass is 465 g/mol. The SMILES string of the molecule is Cc1ccc(S(=O)(=O)N(CC(=O)N2CCN(C)CC2)c2ccc(Br)cc2)cc1. The molecule has 0 aliphatic carbocycles. The molecular weight excluding hydrogens is 442 g/mol. The summed E-state index contributed by atoms with van der Waals surface area (Å²) in [6, 6.07) is 13.6. The van der Waals surface area contributed by atoms with Gasteiger partial charge in [0.05, 0.1) is 10.6 Å². The highest BCUT2D eigenvalue weighted by Gasteiger charge is 2.29. The van der Waals surface area contributed by atoms with E-state index in [9.17, 15) is 13.2 Å². The highest BCUT2D eigenvalue weighted by molar-refractivity contribution is 9.10. The number of benzene rings is 2. The maximum Gasteiger partial charge on any atom is 0.264 e. The Labute approximate surface area is 174 Å². The van der Waals surface area contributed by atoms with Crippen molar-refractivity contribution in [1.82, 2.24) is 9.80 Å². The number of likely N-dealkylation sites (N-methyl/N-ethyl adjacent to an activating group) is 1. The molecule has 0 N–H and O–H groups in total. The van der Waals surface area contributed by atoms with Gasteiger partial charge >= 0.3 is 0 Å². The van der Waals surface area contributed by atoms with Crippen LogP contribution in [0.2, 0.25) is 0 Å². The lowest BCUT2D eigenvalue weighted by atomic mass is 10.2. The molecule has 0 bridgehead atoms. The molecule has 0 aromatic heterocycles.